The quantitative estimate of drug-likeness (QED) is 0.869. The zero-order valence-electron chi connectivity index (χ0n) is 12.2. The predicted octanol–water partition coefficient (Wildman–Crippen LogP) is 2.75. The third kappa shape index (κ3) is 2.94. The van der Waals surface area contributed by atoms with Crippen molar-refractivity contribution < 1.29 is 4.79 Å². The molecule has 0 bridgehead atoms. The molecule has 1 amide bonds. The van der Waals surface area contributed by atoms with Crippen LogP contribution in [-0.2, 0) is 11.2 Å². The van der Waals surface area contributed by atoms with Crippen LogP contribution in [0.5, 0.6) is 0 Å². The van der Waals surface area contributed by atoms with Gasteiger partial charge < -0.3 is 4.90 Å². The molecule has 1 aromatic carbocycles. The van der Waals surface area contributed by atoms with Gasteiger partial charge in [0.15, 0.2) is 0 Å². The fourth-order valence-corrected chi connectivity index (χ4v) is 3.01. The van der Waals surface area contributed by atoms with Gasteiger partial charge in [0, 0.05) is 32.3 Å². The Morgan fingerprint density at radius 1 is 1.24 bits per heavy atom. The monoisotopic (exact) mass is 281 g/mol. The zero-order valence-corrected chi connectivity index (χ0v) is 12.2. The number of nitrogens with zero attached hydrogens (tertiary/aromatic N) is 3. The summed E-state index contributed by atoms with van der Waals surface area (Å²) >= 11 is 0. The van der Waals surface area contributed by atoms with E-state index >= 15 is 0 Å². The Balaban J connectivity index is 1.91. The Bertz CT molecular complexity index is 627. The van der Waals surface area contributed by atoms with Gasteiger partial charge in [-0.05, 0) is 18.4 Å². The van der Waals surface area contributed by atoms with Crippen molar-refractivity contribution in [1.82, 2.24) is 14.9 Å². The summed E-state index contributed by atoms with van der Waals surface area (Å²) in [7, 11) is 0. The number of amides is 1. The molecular formula is C17H19N3O. The summed E-state index contributed by atoms with van der Waals surface area (Å²) in [6.45, 7) is 2.45. The molecule has 0 N–H and O–H groups in total. The second-order valence-electron chi connectivity index (χ2n) is 5.42. The average Bonchev–Trinajstić information content (AvgIpc) is 2.98. The van der Waals surface area contributed by atoms with Crippen LogP contribution in [0.4, 0.5) is 0 Å². The first-order valence-electron chi connectivity index (χ1n) is 7.36. The molecule has 3 rings (SSSR count). The third-order valence-corrected chi connectivity index (χ3v) is 3.99. The molecule has 108 valence electrons. The van der Waals surface area contributed by atoms with E-state index in [4.69, 9.17) is 0 Å². The van der Waals surface area contributed by atoms with Gasteiger partial charge in [0.05, 0.1) is 17.4 Å². The fourth-order valence-electron chi connectivity index (χ4n) is 3.01. The van der Waals surface area contributed by atoms with Crippen molar-refractivity contribution in [3.8, 4) is 0 Å². The number of carbonyl (C=O) groups excluding carboxylic acids is 1. The van der Waals surface area contributed by atoms with Crippen LogP contribution in [-0.4, -0.2) is 27.3 Å². The van der Waals surface area contributed by atoms with Crippen molar-refractivity contribution in [1.29, 1.82) is 0 Å². The van der Waals surface area contributed by atoms with E-state index in [1.54, 1.807) is 19.3 Å². The summed E-state index contributed by atoms with van der Waals surface area (Å²) in [5, 5.41) is 0. The molecule has 0 unspecified atom stereocenters. The van der Waals surface area contributed by atoms with Gasteiger partial charge in [0.1, 0.15) is 0 Å². The highest BCUT2D eigenvalue weighted by Gasteiger charge is 2.30. The summed E-state index contributed by atoms with van der Waals surface area (Å²) in [6.07, 6.45) is 6.22. The molecule has 2 aromatic rings. The lowest BCUT2D eigenvalue weighted by molar-refractivity contribution is -0.129. The van der Waals surface area contributed by atoms with Gasteiger partial charge in [-0.2, -0.15) is 0 Å². The molecule has 1 aliphatic heterocycles. The Labute approximate surface area is 124 Å². The van der Waals surface area contributed by atoms with E-state index in [-0.39, 0.29) is 11.9 Å². The van der Waals surface area contributed by atoms with Crippen LogP contribution in [0.1, 0.15) is 42.8 Å². The normalized spacial score (nSPS) is 18.0. The molecule has 0 aliphatic carbocycles. The Kier molecular flexibility index (Phi) is 3.95. The van der Waals surface area contributed by atoms with Crippen molar-refractivity contribution >= 4 is 5.91 Å². The molecule has 2 heterocycles. The molecule has 0 spiro atoms. The lowest BCUT2D eigenvalue weighted by Gasteiger charge is -2.24. The number of hydrogen-bond donors (Lipinski definition) is 0. The molecule has 21 heavy (non-hydrogen) atoms. The topological polar surface area (TPSA) is 46.1 Å². The van der Waals surface area contributed by atoms with Crippen LogP contribution in [0.15, 0.2) is 42.7 Å². The van der Waals surface area contributed by atoms with Crippen LogP contribution in [0.2, 0.25) is 0 Å². The van der Waals surface area contributed by atoms with Gasteiger partial charge in [-0.15, -0.1) is 0 Å². The highest BCUT2D eigenvalue weighted by molar-refractivity contribution is 5.74. The van der Waals surface area contributed by atoms with Crippen LogP contribution in [0, 0.1) is 0 Å². The molecule has 4 nitrogen and oxygen atoms in total. The summed E-state index contributed by atoms with van der Waals surface area (Å²) in [5.41, 5.74) is 3.14. The van der Waals surface area contributed by atoms with E-state index in [1.807, 2.05) is 23.1 Å². The molecular weight excluding hydrogens is 262 g/mol. The van der Waals surface area contributed by atoms with Crippen molar-refractivity contribution in [2.75, 3.05) is 6.54 Å². The van der Waals surface area contributed by atoms with Gasteiger partial charge in [-0.3, -0.25) is 14.8 Å². The Hall–Kier alpha value is -2.23. The Morgan fingerprint density at radius 2 is 2.00 bits per heavy atom. The van der Waals surface area contributed by atoms with Gasteiger partial charge >= 0.3 is 0 Å². The second-order valence-corrected chi connectivity index (χ2v) is 5.42. The summed E-state index contributed by atoms with van der Waals surface area (Å²) < 4.78 is 0. The standard InChI is InChI=1S/C17H19N3O/c1-13(21)20-11-5-8-16(20)17-15(18-9-10-19-17)12-14-6-3-2-4-7-14/h2-4,6-7,9-10,16H,5,8,11-12H2,1H3/t16-/m1/s1. The first-order valence-corrected chi connectivity index (χ1v) is 7.36. The highest BCUT2D eigenvalue weighted by atomic mass is 16.2. The maximum Gasteiger partial charge on any atom is 0.220 e. The van der Waals surface area contributed by atoms with Crippen LogP contribution < -0.4 is 0 Å². The first-order chi connectivity index (χ1) is 10.3. The number of aromatic nitrogens is 2. The minimum Gasteiger partial charge on any atom is -0.334 e. The lowest BCUT2D eigenvalue weighted by Crippen LogP contribution is -2.29. The van der Waals surface area contributed by atoms with Crippen molar-refractivity contribution in [3.63, 3.8) is 0 Å². The van der Waals surface area contributed by atoms with E-state index in [0.29, 0.717) is 0 Å². The van der Waals surface area contributed by atoms with E-state index in [1.165, 1.54) is 5.56 Å². The minimum absolute atomic E-state index is 0.0786. The molecule has 0 saturated carbocycles. The van der Waals surface area contributed by atoms with Gasteiger partial charge in [0.2, 0.25) is 5.91 Å². The first kappa shape index (κ1) is 13.7. The number of carbonyl (C=O) groups is 1. The number of likely N-dealkylation sites (tertiary alicyclic amines) is 1. The Morgan fingerprint density at radius 3 is 2.76 bits per heavy atom. The number of hydrogen-bond acceptors (Lipinski definition) is 3. The van der Waals surface area contributed by atoms with Crippen molar-refractivity contribution in [2.24, 2.45) is 0 Å². The van der Waals surface area contributed by atoms with Crippen LogP contribution >= 0.6 is 0 Å². The molecule has 1 aliphatic rings. The highest BCUT2D eigenvalue weighted by Crippen LogP contribution is 2.32. The largest absolute Gasteiger partial charge is 0.334 e. The fraction of sp³-hybridized carbons (Fsp3) is 0.353. The summed E-state index contributed by atoms with van der Waals surface area (Å²) in [4.78, 5) is 22.7. The molecule has 1 atom stereocenters. The van der Waals surface area contributed by atoms with E-state index < -0.39 is 0 Å². The van der Waals surface area contributed by atoms with Gasteiger partial charge in [0.25, 0.3) is 0 Å². The average molecular weight is 281 g/mol. The minimum atomic E-state index is 0.0786. The van der Waals surface area contributed by atoms with E-state index in [2.05, 4.69) is 22.1 Å². The second kappa shape index (κ2) is 6.04. The van der Waals surface area contributed by atoms with Crippen molar-refractivity contribution in [3.05, 3.63) is 59.7 Å². The molecule has 4 heteroatoms. The lowest BCUT2D eigenvalue weighted by atomic mass is 10.0. The number of benzene rings is 1. The van der Waals surface area contributed by atoms with Gasteiger partial charge in [-0.25, -0.2) is 0 Å². The van der Waals surface area contributed by atoms with Crippen LogP contribution in [0.25, 0.3) is 0 Å². The zero-order chi connectivity index (χ0) is 14.7. The third-order valence-electron chi connectivity index (χ3n) is 3.99. The van der Waals surface area contributed by atoms with Crippen LogP contribution in [0.3, 0.4) is 0 Å². The van der Waals surface area contributed by atoms with E-state index in [9.17, 15) is 4.79 Å². The molecule has 1 aromatic heterocycles. The van der Waals surface area contributed by atoms with E-state index in [0.717, 1.165) is 37.2 Å². The maximum atomic E-state index is 11.8. The number of rotatable bonds is 3. The smallest absolute Gasteiger partial charge is 0.220 e. The SMILES string of the molecule is CC(=O)N1CCC[C@@H]1c1nccnc1Cc1ccccc1. The molecule has 0 radical (unpaired) electrons. The maximum absolute atomic E-state index is 11.8. The summed E-state index contributed by atoms with van der Waals surface area (Å²) in [6, 6.07) is 10.3. The van der Waals surface area contributed by atoms with Crippen molar-refractivity contribution in [2.45, 2.75) is 32.2 Å². The van der Waals surface area contributed by atoms with Gasteiger partial charge in [-0.1, -0.05) is 30.3 Å². The predicted molar refractivity (Wildman–Crippen MR) is 80.6 cm³/mol. The molecule has 1 saturated heterocycles. The molecule has 1 fully saturated rings. The summed E-state index contributed by atoms with van der Waals surface area (Å²) in [5.74, 6) is 0.119.